The molecule has 0 atom stereocenters. The molecule has 10 rings (SSSR count). The first-order chi connectivity index (χ1) is 22.3. The van der Waals surface area contributed by atoms with Crippen molar-refractivity contribution in [2.24, 2.45) is 0 Å². The van der Waals surface area contributed by atoms with E-state index in [2.05, 4.69) is 144 Å². The summed E-state index contributed by atoms with van der Waals surface area (Å²) in [5.74, 6) is 0. The number of furan rings is 1. The maximum Gasteiger partial charge on any atom is 0.136 e. The summed E-state index contributed by atoms with van der Waals surface area (Å²) in [6.45, 7) is 0. The highest BCUT2D eigenvalue weighted by Crippen LogP contribution is 2.43. The van der Waals surface area contributed by atoms with Crippen LogP contribution in [0.2, 0.25) is 0 Å². The van der Waals surface area contributed by atoms with Gasteiger partial charge in [0, 0.05) is 53.0 Å². The number of thiophene rings is 1. The van der Waals surface area contributed by atoms with Crippen molar-refractivity contribution in [1.82, 2.24) is 4.57 Å². The number of nitrogens with zero attached hydrogens (tertiary/aromatic N) is 1. The fourth-order valence-corrected chi connectivity index (χ4v) is 8.33. The van der Waals surface area contributed by atoms with Gasteiger partial charge in [0.05, 0.1) is 11.0 Å². The molecular weight excluding hydrogens is 567 g/mol. The zero-order chi connectivity index (χ0) is 29.5. The zero-order valence-corrected chi connectivity index (χ0v) is 25.0. The molecule has 0 aliphatic carbocycles. The quantitative estimate of drug-likeness (QED) is 0.200. The second kappa shape index (κ2) is 9.43. The maximum atomic E-state index is 6.24. The molecule has 0 spiro atoms. The molecule has 10 aromatic rings. The Kier molecular flexibility index (Phi) is 5.19. The van der Waals surface area contributed by atoms with Crippen LogP contribution in [0.15, 0.2) is 156 Å². The van der Waals surface area contributed by atoms with Crippen LogP contribution in [0.4, 0.5) is 0 Å². The Balaban J connectivity index is 1.22. The first kappa shape index (κ1) is 24.8. The van der Waals surface area contributed by atoms with Gasteiger partial charge in [-0.3, -0.25) is 0 Å². The summed E-state index contributed by atoms with van der Waals surface area (Å²) in [4.78, 5) is 0. The molecule has 0 bridgehead atoms. The minimum Gasteiger partial charge on any atom is -0.456 e. The molecule has 0 amide bonds. The van der Waals surface area contributed by atoms with Crippen LogP contribution in [0.3, 0.4) is 0 Å². The Morgan fingerprint density at radius 2 is 1.11 bits per heavy atom. The molecule has 210 valence electrons. The third-order valence-corrected chi connectivity index (χ3v) is 10.4. The van der Waals surface area contributed by atoms with Gasteiger partial charge in [0.1, 0.15) is 11.2 Å². The maximum absolute atomic E-state index is 6.24. The fourth-order valence-electron chi connectivity index (χ4n) is 7.11. The smallest absolute Gasteiger partial charge is 0.136 e. The highest BCUT2D eigenvalue weighted by atomic mass is 32.1. The molecule has 7 aromatic carbocycles. The topological polar surface area (TPSA) is 18.1 Å². The summed E-state index contributed by atoms with van der Waals surface area (Å²) < 4.78 is 11.3. The van der Waals surface area contributed by atoms with E-state index < -0.39 is 0 Å². The first-order valence-electron chi connectivity index (χ1n) is 15.3. The normalized spacial score (nSPS) is 12.0. The predicted molar refractivity (Wildman–Crippen MR) is 192 cm³/mol. The Bertz CT molecular complexity index is 2760. The van der Waals surface area contributed by atoms with Gasteiger partial charge in [-0.2, -0.15) is 0 Å². The number of aromatic nitrogens is 1. The second-order valence-corrected chi connectivity index (χ2v) is 12.8. The Hall–Kier alpha value is -5.64. The standard InChI is InChI=1S/C42H25NOS/c1-2-10-26(11-3-1)34-24-29(25-36-33-14-6-9-17-41(33)45-42(34)36)43-37-15-7-4-12-30(37)35-22-27(19-21-38(35)43)28-18-20-32-31-13-5-8-16-39(31)44-40(32)23-28/h1-25H. The Morgan fingerprint density at radius 1 is 0.422 bits per heavy atom. The molecule has 0 unspecified atom stereocenters. The van der Waals surface area contributed by atoms with Crippen LogP contribution >= 0.6 is 11.3 Å². The predicted octanol–water partition coefficient (Wildman–Crippen LogP) is 12.4. The van der Waals surface area contributed by atoms with Crippen LogP contribution < -0.4 is 0 Å². The number of hydrogen-bond donors (Lipinski definition) is 0. The Labute approximate surface area is 263 Å². The molecular formula is C42H25NOS. The molecule has 0 aliphatic rings. The van der Waals surface area contributed by atoms with E-state index in [-0.39, 0.29) is 0 Å². The van der Waals surface area contributed by atoms with Crippen LogP contribution in [-0.4, -0.2) is 4.57 Å². The average Bonchev–Trinajstić information content (AvgIpc) is 3.77. The minimum absolute atomic E-state index is 0.918. The number of hydrogen-bond acceptors (Lipinski definition) is 2. The molecule has 0 saturated heterocycles. The largest absolute Gasteiger partial charge is 0.456 e. The third kappa shape index (κ3) is 3.68. The van der Waals surface area contributed by atoms with Gasteiger partial charge in [-0.25, -0.2) is 0 Å². The summed E-state index contributed by atoms with van der Waals surface area (Å²) in [5.41, 5.74) is 10.3. The zero-order valence-electron chi connectivity index (χ0n) is 24.2. The first-order valence-corrected chi connectivity index (χ1v) is 16.1. The second-order valence-electron chi connectivity index (χ2n) is 11.7. The van der Waals surface area contributed by atoms with Gasteiger partial charge in [-0.15, -0.1) is 11.3 Å². The summed E-state index contributed by atoms with van der Waals surface area (Å²) in [7, 11) is 0. The van der Waals surface area contributed by atoms with Gasteiger partial charge in [0.2, 0.25) is 0 Å². The summed E-state index contributed by atoms with van der Waals surface area (Å²) in [6.07, 6.45) is 0. The van der Waals surface area contributed by atoms with E-state index in [0.717, 1.165) is 27.5 Å². The summed E-state index contributed by atoms with van der Waals surface area (Å²) in [6, 6.07) is 54.8. The van der Waals surface area contributed by atoms with E-state index in [4.69, 9.17) is 4.42 Å². The van der Waals surface area contributed by atoms with Crippen LogP contribution in [-0.2, 0) is 0 Å². The molecule has 2 nitrogen and oxygen atoms in total. The molecule has 0 fully saturated rings. The van der Waals surface area contributed by atoms with Crippen LogP contribution in [0, 0.1) is 0 Å². The van der Waals surface area contributed by atoms with E-state index >= 15 is 0 Å². The highest BCUT2D eigenvalue weighted by molar-refractivity contribution is 7.26. The van der Waals surface area contributed by atoms with Gasteiger partial charge in [0.25, 0.3) is 0 Å². The summed E-state index contributed by atoms with van der Waals surface area (Å²) in [5, 5.41) is 7.40. The monoisotopic (exact) mass is 591 g/mol. The number of rotatable bonds is 3. The van der Waals surface area contributed by atoms with Gasteiger partial charge in [-0.05, 0) is 71.3 Å². The lowest BCUT2D eigenvalue weighted by atomic mass is 10.0. The molecule has 3 heterocycles. The van der Waals surface area contributed by atoms with E-state index in [0.29, 0.717) is 0 Å². The fraction of sp³-hybridized carbons (Fsp3) is 0. The Morgan fingerprint density at radius 3 is 2.02 bits per heavy atom. The van der Waals surface area contributed by atoms with Crippen molar-refractivity contribution >= 4 is 75.3 Å². The van der Waals surface area contributed by atoms with Gasteiger partial charge < -0.3 is 8.98 Å². The molecule has 0 N–H and O–H groups in total. The lowest BCUT2D eigenvalue weighted by molar-refractivity contribution is 0.669. The third-order valence-electron chi connectivity index (χ3n) is 9.19. The SMILES string of the molecule is c1ccc(-c2cc(-n3c4ccccc4c4cc(-c5ccc6c(c5)oc5ccccc56)ccc43)cc3c2sc2ccccc23)cc1. The van der Waals surface area contributed by atoms with Gasteiger partial charge >= 0.3 is 0 Å². The highest BCUT2D eigenvalue weighted by Gasteiger charge is 2.18. The number of fused-ring (bicyclic) bond motifs is 9. The van der Waals surface area contributed by atoms with E-state index in [1.54, 1.807) is 0 Å². The van der Waals surface area contributed by atoms with E-state index in [9.17, 15) is 0 Å². The number of para-hydroxylation sites is 2. The van der Waals surface area contributed by atoms with Crippen molar-refractivity contribution in [3.8, 4) is 27.9 Å². The van der Waals surface area contributed by atoms with Crippen molar-refractivity contribution in [2.75, 3.05) is 0 Å². The molecule has 0 saturated carbocycles. The van der Waals surface area contributed by atoms with Gasteiger partial charge in [0.15, 0.2) is 0 Å². The summed E-state index contributed by atoms with van der Waals surface area (Å²) >= 11 is 1.88. The van der Waals surface area contributed by atoms with Crippen molar-refractivity contribution in [2.45, 2.75) is 0 Å². The lowest BCUT2D eigenvalue weighted by Crippen LogP contribution is -1.95. The van der Waals surface area contributed by atoms with E-state index in [1.165, 1.54) is 64.4 Å². The van der Waals surface area contributed by atoms with Crippen LogP contribution in [0.25, 0.3) is 91.9 Å². The molecule has 3 aromatic heterocycles. The molecule has 3 heteroatoms. The van der Waals surface area contributed by atoms with Crippen LogP contribution in [0.1, 0.15) is 0 Å². The van der Waals surface area contributed by atoms with Crippen molar-refractivity contribution < 1.29 is 4.42 Å². The minimum atomic E-state index is 0.918. The van der Waals surface area contributed by atoms with E-state index in [1.807, 2.05) is 23.5 Å². The van der Waals surface area contributed by atoms with Crippen molar-refractivity contribution in [1.29, 1.82) is 0 Å². The molecule has 0 radical (unpaired) electrons. The van der Waals surface area contributed by atoms with Crippen molar-refractivity contribution in [3.05, 3.63) is 152 Å². The lowest BCUT2D eigenvalue weighted by Gasteiger charge is -2.12. The van der Waals surface area contributed by atoms with Crippen LogP contribution in [0.5, 0.6) is 0 Å². The molecule has 0 aliphatic heterocycles. The molecule has 45 heavy (non-hydrogen) atoms. The average molecular weight is 592 g/mol. The van der Waals surface area contributed by atoms with Gasteiger partial charge in [-0.1, -0.05) is 97.1 Å². The number of benzene rings is 7. The van der Waals surface area contributed by atoms with Crippen molar-refractivity contribution in [3.63, 3.8) is 0 Å².